The molecule has 4 unspecified atom stereocenters. The molecule has 4 atom stereocenters. The predicted octanol–water partition coefficient (Wildman–Crippen LogP) is 4.22. The molecule has 0 bridgehead atoms. The minimum Gasteiger partial charge on any atom is -0.387 e. The summed E-state index contributed by atoms with van der Waals surface area (Å²) in [6.45, 7) is 0. The van der Waals surface area contributed by atoms with E-state index in [1.54, 1.807) is 36.9 Å². The molecule has 8 nitrogen and oxygen atoms in total. The van der Waals surface area contributed by atoms with Gasteiger partial charge in [-0.3, -0.25) is 0 Å². The van der Waals surface area contributed by atoms with Crippen LogP contribution in [0.2, 0.25) is 0 Å². The molecule has 0 aliphatic carbocycles. The summed E-state index contributed by atoms with van der Waals surface area (Å²) in [6.07, 6.45) is 19.8. The van der Waals surface area contributed by atoms with Crippen LogP contribution in [-0.2, 0) is 0 Å². The van der Waals surface area contributed by atoms with Crippen LogP contribution >= 0.6 is 39.6 Å². The molecule has 0 aromatic carbocycles. The molecule has 2 aliphatic heterocycles. The monoisotopic (exact) mass is 728 g/mol. The summed E-state index contributed by atoms with van der Waals surface area (Å²) < 4.78 is 0. The minimum atomic E-state index is 0. The summed E-state index contributed by atoms with van der Waals surface area (Å²) in [7, 11) is 0. The van der Waals surface area contributed by atoms with Crippen molar-refractivity contribution in [3.8, 4) is 0 Å². The maximum Gasteiger partial charge on any atom is 0.123 e. The van der Waals surface area contributed by atoms with E-state index in [2.05, 4.69) is 20.0 Å². The molecule has 2 aromatic heterocycles. The van der Waals surface area contributed by atoms with Crippen LogP contribution in [0.25, 0.3) is 0 Å². The fraction of sp³-hybridized carbons (Fsp3) is 0.231. The Labute approximate surface area is 351 Å². The molecule has 0 saturated carbocycles. The fourth-order valence-corrected chi connectivity index (χ4v) is 1.77. The summed E-state index contributed by atoms with van der Waals surface area (Å²) in [5.41, 5.74) is 21.3. The Kier molecular flexibility index (Phi) is 135. The van der Waals surface area contributed by atoms with Gasteiger partial charge in [-0.2, -0.15) is 39.6 Å². The number of allylic oxidation sites excluding steroid dienone is 4. The fourth-order valence-electron chi connectivity index (χ4n) is 1.77. The molecule has 0 fully saturated rings. The van der Waals surface area contributed by atoms with Crippen molar-refractivity contribution in [2.45, 2.75) is 42.5 Å². The van der Waals surface area contributed by atoms with E-state index in [9.17, 15) is 0 Å². The van der Waals surface area contributed by atoms with Gasteiger partial charge in [-0.25, -0.2) is 20.0 Å². The number of aliphatic imine (C=N–C) groups is 2. The van der Waals surface area contributed by atoms with Crippen molar-refractivity contribution in [1.82, 2.24) is 9.97 Å². The van der Waals surface area contributed by atoms with Gasteiger partial charge < -0.3 is 22.9 Å². The van der Waals surface area contributed by atoms with E-state index in [0.717, 1.165) is 12.8 Å². The first-order valence-corrected chi connectivity index (χ1v) is 9.18. The Hall–Kier alpha value is 0.299. The van der Waals surface area contributed by atoms with Crippen molar-refractivity contribution in [2.24, 2.45) is 21.5 Å². The van der Waals surface area contributed by atoms with Crippen molar-refractivity contribution in [3.05, 3.63) is 97.6 Å². The van der Waals surface area contributed by atoms with Gasteiger partial charge in [-0.15, -0.1) is 0 Å². The molecular weight excluding hydrogens is 671 g/mol. The van der Waals surface area contributed by atoms with Crippen molar-refractivity contribution < 1.29 is 75.5 Å². The second-order valence-electron chi connectivity index (χ2n) is 5.70. The maximum atomic E-state index is 5.38. The van der Waals surface area contributed by atoms with Crippen molar-refractivity contribution in [1.29, 1.82) is 0 Å². The zero-order chi connectivity index (χ0) is 21.9. The number of amidine groups is 2. The molecular formula is C26H56Ar2B4N8P4. The molecule has 0 spiro atoms. The first-order valence-electron chi connectivity index (χ1n) is 9.18. The third-order valence-electron chi connectivity index (χ3n) is 3.18. The number of aromatic nitrogens is 2. The van der Waals surface area contributed by atoms with Crippen molar-refractivity contribution in [3.63, 3.8) is 0 Å². The minimum absolute atomic E-state index is 0. The number of hydrogen-bond acceptors (Lipinski definition) is 8. The van der Waals surface area contributed by atoms with Crippen LogP contribution < -0.4 is 22.9 Å². The smallest absolute Gasteiger partial charge is 0.123 e. The Morgan fingerprint density at radius 3 is 0.977 bits per heavy atom. The number of nitrogen functional groups attached to an aromatic ring is 2. The number of nitrogens with two attached hydrogens (primary N) is 4. The van der Waals surface area contributed by atoms with Crippen LogP contribution in [0, 0.1) is 75.5 Å². The van der Waals surface area contributed by atoms with Crippen LogP contribution in [0.1, 0.15) is 42.5 Å². The first kappa shape index (κ1) is 90.5. The molecule has 4 rings (SSSR count). The number of pyridine rings is 2. The molecule has 0 saturated heterocycles. The van der Waals surface area contributed by atoms with Crippen molar-refractivity contribution >= 4 is 96.6 Å². The second-order valence-corrected chi connectivity index (χ2v) is 5.70. The van der Waals surface area contributed by atoms with Gasteiger partial charge in [0.25, 0.3) is 0 Å². The number of rotatable bonds is 0. The first-order chi connectivity index (χ1) is 14.6. The van der Waals surface area contributed by atoms with E-state index >= 15 is 0 Å². The molecule has 4 heterocycles. The van der Waals surface area contributed by atoms with Crippen LogP contribution in [0.3, 0.4) is 0 Å². The normalized spacial score (nSPS) is 9.18. The molecule has 2 aromatic rings. The third kappa shape index (κ3) is 61.3. The maximum absolute atomic E-state index is 5.38. The Balaban J connectivity index is -0.0000000206. The summed E-state index contributed by atoms with van der Waals surface area (Å²) in [6, 6.07) is 10.9. The number of hydrogen-bond donors (Lipinski definition) is 4. The number of nitrogens with zero attached hydrogens (tertiary/aromatic N) is 4. The summed E-state index contributed by atoms with van der Waals surface area (Å²) in [5.74, 6) is 2.50. The van der Waals surface area contributed by atoms with Crippen LogP contribution in [0.15, 0.2) is 108 Å². The average molecular weight is 728 g/mol. The van der Waals surface area contributed by atoms with Crippen molar-refractivity contribution in [2.75, 3.05) is 11.5 Å². The van der Waals surface area contributed by atoms with Gasteiger partial charge in [0, 0.05) is 147 Å². The van der Waals surface area contributed by atoms with Gasteiger partial charge in [-0.05, 0) is 36.4 Å². The molecule has 8 N–H and O–H groups in total. The summed E-state index contributed by atoms with van der Waals surface area (Å²) >= 11 is 0. The zero-order valence-electron chi connectivity index (χ0n) is 22.6. The topological polar surface area (TPSA) is 155 Å². The van der Waals surface area contributed by atoms with Crippen LogP contribution in [0.5, 0.6) is 0 Å². The Morgan fingerprint density at radius 1 is 0.477 bits per heavy atom. The van der Waals surface area contributed by atoms with Gasteiger partial charge in [0.05, 0.1) is 0 Å². The SMILES string of the molecule is C.C.C.C.NC1=NC=CC=CC1.NC1=NC=CC=CC1.Nc1ccccn1.Nc1ccccn1.P.P.P.P.[Ar].[Ar].[B].[B].[B].[B]. The van der Waals surface area contributed by atoms with Gasteiger partial charge in [0.15, 0.2) is 0 Å². The number of anilines is 2. The van der Waals surface area contributed by atoms with E-state index in [1.807, 2.05) is 60.7 Å². The van der Waals surface area contributed by atoms with E-state index in [-0.39, 0.29) is 178 Å². The molecule has 2 aliphatic rings. The van der Waals surface area contributed by atoms with Gasteiger partial charge in [-0.1, -0.05) is 66.1 Å². The van der Waals surface area contributed by atoms with E-state index in [1.165, 1.54) is 0 Å². The molecule has 18 heteroatoms. The summed E-state index contributed by atoms with van der Waals surface area (Å²) in [4.78, 5) is 15.3. The zero-order valence-corrected chi connectivity index (χ0v) is 29.7. The standard InChI is InChI=1S/2C6H8N2.2C5H6N2.4CH4.2Ar.4B.4H3P/c2*7-6-4-2-1-3-5-8-6;2*6-5-3-1-2-4-7-5;;;;;;;;;;;;;;/h2*1-3,5H,4H2,(H2,7,8);2*1-4H,(H2,6,7);4*1H4;;;;;;;4*1H3. The quantitative estimate of drug-likeness (QED) is 0.236. The van der Waals surface area contributed by atoms with E-state index in [0.29, 0.717) is 23.3 Å². The Morgan fingerprint density at radius 2 is 0.773 bits per heavy atom. The van der Waals surface area contributed by atoms with Gasteiger partial charge in [0.1, 0.15) is 23.3 Å². The van der Waals surface area contributed by atoms with E-state index in [4.69, 9.17) is 22.9 Å². The molecule has 44 heavy (non-hydrogen) atoms. The molecule has 248 valence electrons. The third-order valence-corrected chi connectivity index (χ3v) is 3.18. The van der Waals surface area contributed by atoms with Crippen LogP contribution in [-0.4, -0.2) is 55.3 Å². The second kappa shape index (κ2) is 65.9. The molecule has 0 amide bonds. The largest absolute Gasteiger partial charge is 0.387 e. The van der Waals surface area contributed by atoms with Gasteiger partial charge >= 0.3 is 0 Å². The van der Waals surface area contributed by atoms with Crippen LogP contribution in [0.4, 0.5) is 11.6 Å². The molecule has 12 radical (unpaired) electrons. The summed E-state index contributed by atoms with van der Waals surface area (Å²) in [5, 5.41) is 0. The average Bonchev–Trinajstić information content (AvgIpc) is 3.15. The van der Waals surface area contributed by atoms with Gasteiger partial charge in [0.2, 0.25) is 0 Å². The Bertz CT molecular complexity index is 857. The van der Waals surface area contributed by atoms with E-state index < -0.39 is 0 Å². The predicted molar refractivity (Wildman–Crippen MR) is 221 cm³/mol.